The van der Waals surface area contributed by atoms with Crippen LogP contribution >= 0.6 is 11.8 Å². The predicted molar refractivity (Wildman–Crippen MR) is 102 cm³/mol. The van der Waals surface area contributed by atoms with Gasteiger partial charge in [0.05, 0.1) is 5.75 Å². The average Bonchev–Trinajstić information content (AvgIpc) is 2.58. The third-order valence-electron chi connectivity index (χ3n) is 4.95. The fourth-order valence-corrected chi connectivity index (χ4v) is 3.84. The van der Waals surface area contributed by atoms with Gasteiger partial charge in [-0.2, -0.15) is 0 Å². The summed E-state index contributed by atoms with van der Waals surface area (Å²) in [6, 6.07) is 6.31. The van der Waals surface area contributed by atoms with E-state index < -0.39 is 6.10 Å². The number of aryl methyl sites for hydroxylation is 2. The predicted octanol–water partition coefficient (Wildman–Crippen LogP) is 4.02. The summed E-state index contributed by atoms with van der Waals surface area (Å²) in [6.07, 6.45) is 3.79. The quantitative estimate of drug-likeness (QED) is 0.613. The van der Waals surface area contributed by atoms with Crippen LogP contribution in [0, 0.1) is 19.8 Å². The van der Waals surface area contributed by atoms with Gasteiger partial charge >= 0.3 is 5.97 Å². The van der Waals surface area contributed by atoms with Crippen LogP contribution in [0.5, 0.6) is 0 Å². The van der Waals surface area contributed by atoms with Gasteiger partial charge in [0.2, 0.25) is 0 Å². The highest BCUT2D eigenvalue weighted by atomic mass is 32.2. The number of hydrogen-bond donors (Lipinski definition) is 1. The molecule has 0 unspecified atom stereocenters. The van der Waals surface area contributed by atoms with Crippen molar-refractivity contribution in [3.8, 4) is 0 Å². The van der Waals surface area contributed by atoms with Crippen LogP contribution in [0.1, 0.15) is 50.7 Å². The summed E-state index contributed by atoms with van der Waals surface area (Å²) in [5, 5.41) is 3.04. The minimum atomic E-state index is -0.748. The first-order chi connectivity index (χ1) is 11.9. The molecule has 4 nitrogen and oxygen atoms in total. The van der Waals surface area contributed by atoms with Gasteiger partial charge in [-0.15, -0.1) is 11.8 Å². The third kappa shape index (κ3) is 6.07. The number of hydrogen-bond acceptors (Lipinski definition) is 4. The molecule has 3 atom stereocenters. The van der Waals surface area contributed by atoms with Gasteiger partial charge in [-0.05, 0) is 62.8 Å². The highest BCUT2D eigenvalue weighted by molar-refractivity contribution is 8.00. The van der Waals surface area contributed by atoms with Gasteiger partial charge in [-0.3, -0.25) is 9.59 Å². The lowest BCUT2D eigenvalue weighted by Gasteiger charge is -2.30. The average molecular weight is 364 g/mol. The van der Waals surface area contributed by atoms with Gasteiger partial charge in [-0.1, -0.05) is 25.8 Å². The van der Waals surface area contributed by atoms with Gasteiger partial charge in [0, 0.05) is 10.9 Å². The molecule has 1 aliphatic carbocycles. The van der Waals surface area contributed by atoms with Crippen molar-refractivity contribution in [3.05, 3.63) is 29.3 Å². The Hall–Kier alpha value is -1.49. The molecule has 0 spiro atoms. The van der Waals surface area contributed by atoms with Crippen molar-refractivity contribution in [3.63, 3.8) is 0 Å². The Bertz CT molecular complexity index is 617. The molecule has 1 aromatic rings. The maximum atomic E-state index is 12.3. The third-order valence-corrected chi connectivity index (χ3v) is 5.92. The van der Waals surface area contributed by atoms with E-state index in [1.807, 2.05) is 12.1 Å². The first-order valence-corrected chi connectivity index (χ1v) is 10.0. The lowest BCUT2D eigenvalue weighted by molar-refractivity contribution is -0.152. The number of amides is 1. The van der Waals surface area contributed by atoms with E-state index in [9.17, 15) is 9.59 Å². The SMILES string of the molecule is Cc1ccc(SCC(=O)O[C@H](C)C(=O)N[C@H]2CCCC[C@H]2C)cc1C. The Kier molecular flexibility index (Phi) is 7.36. The van der Waals surface area contributed by atoms with Gasteiger partial charge in [0.25, 0.3) is 5.91 Å². The first-order valence-electron chi connectivity index (χ1n) is 9.06. The zero-order chi connectivity index (χ0) is 18.4. The Morgan fingerprint density at radius 1 is 1.24 bits per heavy atom. The Morgan fingerprint density at radius 3 is 2.64 bits per heavy atom. The van der Waals surface area contributed by atoms with Gasteiger partial charge in [0.15, 0.2) is 6.10 Å². The Balaban J connectivity index is 1.76. The van der Waals surface area contributed by atoms with Crippen LogP contribution in [-0.4, -0.2) is 29.8 Å². The molecule has 1 N–H and O–H groups in total. The van der Waals surface area contributed by atoms with E-state index in [0.29, 0.717) is 5.92 Å². The molecule has 1 amide bonds. The standard InChI is InChI=1S/C20H29NO3S/c1-13-9-10-17(11-15(13)3)25-12-19(22)24-16(4)20(23)21-18-8-6-5-7-14(18)2/h9-11,14,16,18H,5-8,12H2,1-4H3,(H,21,23)/t14-,16-,18+/m1/s1. The molecule has 5 heteroatoms. The Labute approximate surface area is 155 Å². The number of thioether (sulfide) groups is 1. The maximum absolute atomic E-state index is 12.3. The minimum absolute atomic E-state index is 0.191. The molecule has 1 aromatic carbocycles. The van der Waals surface area contributed by atoms with E-state index >= 15 is 0 Å². The van der Waals surface area contributed by atoms with Gasteiger partial charge < -0.3 is 10.1 Å². The topological polar surface area (TPSA) is 55.4 Å². The van der Waals surface area contributed by atoms with Crippen LogP contribution in [-0.2, 0) is 14.3 Å². The summed E-state index contributed by atoms with van der Waals surface area (Å²) in [5.41, 5.74) is 2.43. The first kappa shape index (κ1) is 19.8. The van der Waals surface area contributed by atoms with Gasteiger partial charge in [-0.25, -0.2) is 0 Å². The fraction of sp³-hybridized carbons (Fsp3) is 0.600. The second kappa shape index (κ2) is 9.27. The molecule has 1 aliphatic rings. The number of nitrogens with one attached hydrogen (secondary N) is 1. The van der Waals surface area contributed by atoms with E-state index in [-0.39, 0.29) is 23.7 Å². The zero-order valence-electron chi connectivity index (χ0n) is 15.6. The van der Waals surface area contributed by atoms with Crippen LogP contribution in [0.15, 0.2) is 23.1 Å². The summed E-state index contributed by atoms with van der Waals surface area (Å²) < 4.78 is 5.29. The molecule has 0 saturated heterocycles. The maximum Gasteiger partial charge on any atom is 0.317 e. The molecule has 0 heterocycles. The zero-order valence-corrected chi connectivity index (χ0v) is 16.4. The number of esters is 1. The summed E-state index contributed by atoms with van der Waals surface area (Å²) in [5.74, 6) is 0.145. The van der Waals surface area contributed by atoms with Crippen molar-refractivity contribution in [1.29, 1.82) is 0 Å². The number of rotatable bonds is 6. The van der Waals surface area contributed by atoms with Crippen LogP contribution in [0.25, 0.3) is 0 Å². The number of benzene rings is 1. The minimum Gasteiger partial charge on any atom is -0.452 e. The highest BCUT2D eigenvalue weighted by Crippen LogP contribution is 2.24. The van der Waals surface area contributed by atoms with Crippen molar-refractivity contribution in [1.82, 2.24) is 5.32 Å². The number of ether oxygens (including phenoxy) is 1. The molecule has 2 rings (SSSR count). The van der Waals surface area contributed by atoms with Crippen molar-refractivity contribution in [2.24, 2.45) is 5.92 Å². The molecule has 1 fully saturated rings. The second-order valence-electron chi connectivity index (χ2n) is 7.04. The van der Waals surface area contributed by atoms with Crippen LogP contribution < -0.4 is 5.32 Å². The summed E-state index contributed by atoms with van der Waals surface area (Å²) >= 11 is 1.43. The second-order valence-corrected chi connectivity index (χ2v) is 8.09. The lowest BCUT2D eigenvalue weighted by atomic mass is 9.86. The summed E-state index contributed by atoms with van der Waals surface area (Å²) in [6.45, 7) is 7.92. The van der Waals surface area contributed by atoms with Crippen molar-refractivity contribution in [2.75, 3.05) is 5.75 Å². The lowest BCUT2D eigenvalue weighted by Crippen LogP contribution is -2.46. The fourth-order valence-electron chi connectivity index (χ4n) is 3.06. The molecule has 0 bridgehead atoms. The van der Waals surface area contributed by atoms with E-state index in [2.05, 4.69) is 32.2 Å². The monoisotopic (exact) mass is 363 g/mol. The Morgan fingerprint density at radius 2 is 1.96 bits per heavy atom. The van der Waals surface area contributed by atoms with E-state index in [0.717, 1.165) is 24.2 Å². The highest BCUT2D eigenvalue weighted by Gasteiger charge is 2.26. The molecular weight excluding hydrogens is 334 g/mol. The van der Waals surface area contributed by atoms with E-state index in [1.165, 1.54) is 29.3 Å². The normalized spacial score (nSPS) is 21.4. The largest absolute Gasteiger partial charge is 0.452 e. The van der Waals surface area contributed by atoms with Crippen LogP contribution in [0.2, 0.25) is 0 Å². The molecule has 0 aliphatic heterocycles. The van der Waals surface area contributed by atoms with Crippen LogP contribution in [0.4, 0.5) is 0 Å². The summed E-state index contributed by atoms with van der Waals surface area (Å²) in [4.78, 5) is 25.3. The van der Waals surface area contributed by atoms with E-state index in [1.54, 1.807) is 6.92 Å². The van der Waals surface area contributed by atoms with Crippen LogP contribution in [0.3, 0.4) is 0 Å². The molecule has 138 valence electrons. The van der Waals surface area contributed by atoms with E-state index in [4.69, 9.17) is 4.74 Å². The number of carbonyl (C=O) groups excluding carboxylic acids is 2. The molecule has 25 heavy (non-hydrogen) atoms. The molecule has 1 saturated carbocycles. The molecule has 0 aromatic heterocycles. The molecule has 0 radical (unpaired) electrons. The number of carbonyl (C=O) groups is 2. The van der Waals surface area contributed by atoms with Crippen molar-refractivity contribution < 1.29 is 14.3 Å². The van der Waals surface area contributed by atoms with Crippen molar-refractivity contribution in [2.45, 2.75) is 70.4 Å². The smallest absolute Gasteiger partial charge is 0.317 e. The van der Waals surface area contributed by atoms with Gasteiger partial charge in [0.1, 0.15) is 0 Å². The summed E-state index contributed by atoms with van der Waals surface area (Å²) in [7, 11) is 0. The van der Waals surface area contributed by atoms with Crippen molar-refractivity contribution >= 4 is 23.6 Å². The molecular formula is C20H29NO3S.